The lowest BCUT2D eigenvalue weighted by molar-refractivity contribution is 0.0692. The zero-order valence-corrected chi connectivity index (χ0v) is 11.5. The molecule has 0 saturated carbocycles. The van der Waals surface area contributed by atoms with Crippen LogP contribution in [0.1, 0.15) is 20.8 Å². The Bertz CT molecular complexity index is 641. The molecule has 0 aliphatic rings. The van der Waals surface area contributed by atoms with Crippen LogP contribution in [0.2, 0.25) is 0 Å². The van der Waals surface area contributed by atoms with Gasteiger partial charge in [0.15, 0.2) is 5.69 Å². The first-order chi connectivity index (χ1) is 9.61. The van der Waals surface area contributed by atoms with E-state index in [-0.39, 0.29) is 17.3 Å². The van der Waals surface area contributed by atoms with Crippen LogP contribution in [-0.2, 0) is 0 Å². The highest BCUT2D eigenvalue weighted by atomic mass is 32.2. The summed E-state index contributed by atoms with van der Waals surface area (Å²) >= 11 is 1.58. The largest absolute Gasteiger partial charge is 0.476 e. The zero-order valence-electron chi connectivity index (χ0n) is 10.7. The SMILES string of the molecule is CSc1ccc(C(=O)Nc2cccnc2C(=O)O)cc1. The minimum atomic E-state index is -1.18. The van der Waals surface area contributed by atoms with Gasteiger partial charge >= 0.3 is 5.97 Å². The molecule has 2 rings (SSSR count). The van der Waals surface area contributed by atoms with Gasteiger partial charge in [-0.2, -0.15) is 0 Å². The molecule has 1 heterocycles. The van der Waals surface area contributed by atoms with E-state index >= 15 is 0 Å². The minimum Gasteiger partial charge on any atom is -0.476 e. The smallest absolute Gasteiger partial charge is 0.356 e. The van der Waals surface area contributed by atoms with Crippen molar-refractivity contribution < 1.29 is 14.7 Å². The van der Waals surface area contributed by atoms with Gasteiger partial charge in [-0.05, 0) is 42.7 Å². The Balaban J connectivity index is 2.21. The maximum atomic E-state index is 12.0. The summed E-state index contributed by atoms with van der Waals surface area (Å²) < 4.78 is 0. The number of rotatable bonds is 4. The number of carbonyl (C=O) groups excluding carboxylic acids is 1. The number of nitrogens with one attached hydrogen (secondary N) is 1. The van der Waals surface area contributed by atoms with Crippen molar-refractivity contribution in [2.45, 2.75) is 4.90 Å². The van der Waals surface area contributed by atoms with E-state index in [9.17, 15) is 9.59 Å². The molecule has 2 N–H and O–H groups in total. The lowest BCUT2D eigenvalue weighted by Gasteiger charge is -2.07. The van der Waals surface area contributed by atoms with Gasteiger partial charge in [0.25, 0.3) is 5.91 Å². The zero-order chi connectivity index (χ0) is 14.5. The number of aromatic nitrogens is 1. The number of carboxylic acids is 1. The number of pyridine rings is 1. The average molecular weight is 288 g/mol. The fourth-order valence-electron chi connectivity index (χ4n) is 1.61. The molecule has 0 atom stereocenters. The average Bonchev–Trinajstić information content (AvgIpc) is 2.47. The molecule has 102 valence electrons. The van der Waals surface area contributed by atoms with E-state index in [1.165, 1.54) is 12.3 Å². The summed E-state index contributed by atoms with van der Waals surface area (Å²) in [6.07, 6.45) is 3.32. The number of carbonyl (C=O) groups is 2. The molecule has 0 unspecified atom stereocenters. The summed E-state index contributed by atoms with van der Waals surface area (Å²) in [6, 6.07) is 10.1. The van der Waals surface area contributed by atoms with Crippen LogP contribution in [0.25, 0.3) is 0 Å². The maximum absolute atomic E-state index is 12.0. The lowest BCUT2D eigenvalue weighted by atomic mass is 10.2. The number of thioether (sulfide) groups is 1. The molecule has 0 aliphatic heterocycles. The molecule has 1 aromatic carbocycles. The molecule has 0 spiro atoms. The van der Waals surface area contributed by atoms with Crippen molar-refractivity contribution in [1.82, 2.24) is 4.98 Å². The summed E-state index contributed by atoms with van der Waals surface area (Å²) in [5.41, 5.74) is 0.462. The fraction of sp³-hybridized carbons (Fsp3) is 0.0714. The second-order valence-corrected chi connectivity index (χ2v) is 4.77. The number of hydrogen-bond donors (Lipinski definition) is 2. The summed E-state index contributed by atoms with van der Waals surface area (Å²) in [6.45, 7) is 0. The lowest BCUT2D eigenvalue weighted by Crippen LogP contribution is -2.15. The van der Waals surface area contributed by atoms with Crippen molar-refractivity contribution in [3.05, 3.63) is 53.9 Å². The highest BCUT2D eigenvalue weighted by Gasteiger charge is 2.14. The van der Waals surface area contributed by atoms with E-state index in [0.717, 1.165) is 4.90 Å². The summed E-state index contributed by atoms with van der Waals surface area (Å²) in [7, 11) is 0. The fourth-order valence-corrected chi connectivity index (χ4v) is 2.02. The molecule has 0 bridgehead atoms. The monoisotopic (exact) mass is 288 g/mol. The number of benzene rings is 1. The van der Waals surface area contributed by atoms with E-state index in [2.05, 4.69) is 10.3 Å². The Morgan fingerprint density at radius 2 is 1.90 bits per heavy atom. The molecule has 6 heteroatoms. The van der Waals surface area contributed by atoms with Gasteiger partial charge in [0.05, 0.1) is 5.69 Å². The highest BCUT2D eigenvalue weighted by molar-refractivity contribution is 7.98. The van der Waals surface area contributed by atoms with Gasteiger partial charge in [-0.1, -0.05) is 0 Å². The first-order valence-electron chi connectivity index (χ1n) is 5.75. The van der Waals surface area contributed by atoms with E-state index < -0.39 is 5.97 Å². The van der Waals surface area contributed by atoms with Crippen LogP contribution in [0.3, 0.4) is 0 Å². The van der Waals surface area contributed by atoms with Crippen molar-refractivity contribution in [1.29, 1.82) is 0 Å². The number of nitrogens with zero attached hydrogens (tertiary/aromatic N) is 1. The Morgan fingerprint density at radius 3 is 2.50 bits per heavy atom. The number of aromatic carboxylic acids is 1. The molecule has 0 saturated heterocycles. The van der Waals surface area contributed by atoms with Crippen LogP contribution < -0.4 is 5.32 Å². The van der Waals surface area contributed by atoms with Crippen molar-refractivity contribution in [2.75, 3.05) is 11.6 Å². The number of hydrogen-bond acceptors (Lipinski definition) is 4. The number of carboxylic acid groups (broad SMARTS) is 1. The molecular weight excluding hydrogens is 276 g/mol. The van der Waals surface area contributed by atoms with E-state index in [0.29, 0.717) is 5.56 Å². The molecule has 0 aliphatic carbocycles. The number of amides is 1. The van der Waals surface area contributed by atoms with Gasteiger partial charge in [0, 0.05) is 16.7 Å². The summed E-state index contributed by atoms with van der Waals surface area (Å²) in [4.78, 5) is 27.8. The molecular formula is C14H12N2O3S. The third kappa shape index (κ3) is 3.16. The van der Waals surface area contributed by atoms with E-state index in [1.54, 1.807) is 30.0 Å². The second-order valence-electron chi connectivity index (χ2n) is 3.89. The first kappa shape index (κ1) is 14.1. The molecule has 1 aromatic heterocycles. The molecule has 0 radical (unpaired) electrons. The van der Waals surface area contributed by atoms with E-state index in [4.69, 9.17) is 5.11 Å². The molecule has 0 fully saturated rings. The predicted molar refractivity (Wildman–Crippen MR) is 77.4 cm³/mol. The molecule has 1 amide bonds. The third-order valence-corrected chi connectivity index (χ3v) is 3.35. The summed E-state index contributed by atoms with van der Waals surface area (Å²) in [5, 5.41) is 11.6. The van der Waals surface area contributed by atoms with Crippen LogP contribution in [0.15, 0.2) is 47.5 Å². The van der Waals surface area contributed by atoms with Crippen LogP contribution in [-0.4, -0.2) is 28.2 Å². The van der Waals surface area contributed by atoms with Crippen molar-refractivity contribution >= 4 is 29.3 Å². The minimum absolute atomic E-state index is 0.179. The van der Waals surface area contributed by atoms with E-state index in [1.807, 2.05) is 18.4 Å². The normalized spacial score (nSPS) is 10.1. The Morgan fingerprint density at radius 1 is 1.20 bits per heavy atom. The molecule has 2 aromatic rings. The Labute approximate surface area is 120 Å². The van der Waals surface area contributed by atoms with Crippen LogP contribution >= 0.6 is 11.8 Å². The van der Waals surface area contributed by atoms with Gasteiger partial charge in [0.1, 0.15) is 0 Å². The maximum Gasteiger partial charge on any atom is 0.356 e. The second kappa shape index (κ2) is 6.21. The Hall–Kier alpha value is -2.34. The quantitative estimate of drug-likeness (QED) is 0.846. The summed E-state index contributed by atoms with van der Waals surface area (Å²) in [5.74, 6) is -1.55. The highest BCUT2D eigenvalue weighted by Crippen LogP contribution is 2.17. The topological polar surface area (TPSA) is 79.3 Å². The Kier molecular flexibility index (Phi) is 4.37. The van der Waals surface area contributed by atoms with Gasteiger partial charge in [0.2, 0.25) is 0 Å². The van der Waals surface area contributed by atoms with Crippen molar-refractivity contribution in [3.8, 4) is 0 Å². The first-order valence-corrected chi connectivity index (χ1v) is 6.98. The van der Waals surface area contributed by atoms with Crippen LogP contribution in [0, 0.1) is 0 Å². The van der Waals surface area contributed by atoms with Gasteiger partial charge in [-0.25, -0.2) is 9.78 Å². The predicted octanol–water partition coefficient (Wildman–Crippen LogP) is 2.75. The van der Waals surface area contributed by atoms with Crippen molar-refractivity contribution in [3.63, 3.8) is 0 Å². The van der Waals surface area contributed by atoms with Crippen molar-refractivity contribution in [2.24, 2.45) is 0 Å². The molecule has 5 nitrogen and oxygen atoms in total. The van der Waals surface area contributed by atoms with Crippen LogP contribution in [0.5, 0.6) is 0 Å². The van der Waals surface area contributed by atoms with Crippen LogP contribution in [0.4, 0.5) is 5.69 Å². The number of anilines is 1. The standard InChI is InChI=1S/C14H12N2O3S/c1-20-10-6-4-9(5-7-10)13(17)16-11-3-2-8-15-12(11)14(18)19/h2-8H,1H3,(H,16,17)(H,18,19). The molecule has 20 heavy (non-hydrogen) atoms. The van der Waals surface area contributed by atoms with Gasteiger partial charge in [-0.15, -0.1) is 11.8 Å². The van der Waals surface area contributed by atoms with Gasteiger partial charge in [-0.3, -0.25) is 4.79 Å². The third-order valence-electron chi connectivity index (χ3n) is 2.61. The van der Waals surface area contributed by atoms with Gasteiger partial charge < -0.3 is 10.4 Å².